The monoisotopic (exact) mass is 324 g/mol. The molecule has 0 atom stereocenters. The maximum absolute atomic E-state index is 13.8. The Morgan fingerprint density at radius 1 is 1.17 bits per heavy atom. The number of halogens is 1. The molecule has 0 bridgehead atoms. The van der Waals surface area contributed by atoms with Crippen molar-refractivity contribution < 1.29 is 9.13 Å². The number of nitrogens with one attached hydrogen (secondary N) is 2. The van der Waals surface area contributed by atoms with Gasteiger partial charge in [0.05, 0.1) is 29.9 Å². The van der Waals surface area contributed by atoms with Gasteiger partial charge in [-0.25, -0.2) is 14.4 Å². The van der Waals surface area contributed by atoms with Gasteiger partial charge >= 0.3 is 0 Å². The van der Waals surface area contributed by atoms with Gasteiger partial charge in [0.1, 0.15) is 11.6 Å². The van der Waals surface area contributed by atoms with Crippen molar-refractivity contribution in [1.82, 2.24) is 25.1 Å². The molecule has 4 rings (SSSR count). The van der Waals surface area contributed by atoms with E-state index in [0.717, 1.165) is 11.1 Å². The molecule has 4 N–H and O–H groups in total. The lowest BCUT2D eigenvalue weighted by atomic mass is 10.1. The van der Waals surface area contributed by atoms with Crippen LogP contribution < -0.4 is 10.5 Å². The number of anilines is 1. The lowest BCUT2D eigenvalue weighted by molar-refractivity contribution is 0.387. The number of benzene rings is 1. The Bertz CT molecular complexity index is 1020. The third kappa shape index (κ3) is 2.24. The molecule has 0 saturated heterocycles. The van der Waals surface area contributed by atoms with Crippen LogP contribution in [0.1, 0.15) is 0 Å². The van der Waals surface area contributed by atoms with Gasteiger partial charge in [0, 0.05) is 35.7 Å². The summed E-state index contributed by atoms with van der Waals surface area (Å²) in [6.45, 7) is 0. The Morgan fingerprint density at radius 2 is 2.04 bits per heavy atom. The van der Waals surface area contributed by atoms with Crippen molar-refractivity contribution in [1.29, 1.82) is 0 Å². The molecular formula is C16H13FN6O. The molecule has 0 saturated carbocycles. The van der Waals surface area contributed by atoms with Crippen LogP contribution in [-0.2, 0) is 0 Å². The van der Waals surface area contributed by atoms with Crippen LogP contribution in [0.3, 0.4) is 0 Å². The number of fused-ring (bicyclic) bond motifs is 1. The summed E-state index contributed by atoms with van der Waals surface area (Å²) in [6.07, 6.45) is 5.11. The van der Waals surface area contributed by atoms with E-state index in [2.05, 4.69) is 25.1 Å². The van der Waals surface area contributed by atoms with E-state index in [0.29, 0.717) is 28.2 Å². The molecule has 7 nitrogen and oxygen atoms in total. The topological polar surface area (TPSA) is 106 Å². The Balaban J connectivity index is 1.86. The molecule has 120 valence electrons. The number of hydrogen-bond donors (Lipinski definition) is 3. The summed E-state index contributed by atoms with van der Waals surface area (Å²) in [7, 11) is 1.41. The minimum Gasteiger partial charge on any atom is -0.494 e. The number of H-pyrrole nitrogens is 2. The predicted molar refractivity (Wildman–Crippen MR) is 87.8 cm³/mol. The highest BCUT2D eigenvalue weighted by Crippen LogP contribution is 2.30. The highest BCUT2D eigenvalue weighted by atomic mass is 19.1. The summed E-state index contributed by atoms with van der Waals surface area (Å²) in [6, 6.07) is 4.74. The summed E-state index contributed by atoms with van der Waals surface area (Å²) >= 11 is 0. The van der Waals surface area contributed by atoms with E-state index in [1.54, 1.807) is 18.6 Å². The number of ether oxygens (including phenoxy) is 1. The van der Waals surface area contributed by atoms with E-state index in [4.69, 9.17) is 10.5 Å². The minimum atomic E-state index is -0.460. The van der Waals surface area contributed by atoms with E-state index in [9.17, 15) is 4.39 Å². The molecule has 3 heterocycles. The van der Waals surface area contributed by atoms with Crippen molar-refractivity contribution >= 4 is 16.9 Å². The fourth-order valence-corrected chi connectivity index (χ4v) is 2.53. The highest BCUT2D eigenvalue weighted by Gasteiger charge is 2.14. The Morgan fingerprint density at radius 3 is 2.79 bits per heavy atom. The molecular weight excluding hydrogens is 311 g/mol. The molecule has 4 aromatic rings. The second-order valence-electron chi connectivity index (χ2n) is 5.23. The number of nitrogens with zero attached hydrogens (tertiary/aromatic N) is 3. The van der Waals surface area contributed by atoms with Gasteiger partial charge in [-0.1, -0.05) is 0 Å². The number of imidazole rings is 1. The normalized spacial score (nSPS) is 11.1. The van der Waals surface area contributed by atoms with Crippen LogP contribution in [-0.4, -0.2) is 32.3 Å². The summed E-state index contributed by atoms with van der Waals surface area (Å²) in [5, 5.41) is 6.68. The molecule has 0 aliphatic rings. The third-order valence-electron chi connectivity index (χ3n) is 3.76. The molecule has 0 aliphatic heterocycles. The zero-order chi connectivity index (χ0) is 16.7. The van der Waals surface area contributed by atoms with Crippen LogP contribution in [0.25, 0.3) is 33.5 Å². The molecule has 3 aromatic heterocycles. The van der Waals surface area contributed by atoms with Gasteiger partial charge in [0.15, 0.2) is 11.6 Å². The number of hydrogen-bond acceptors (Lipinski definition) is 5. The minimum absolute atomic E-state index is 0.138. The highest BCUT2D eigenvalue weighted by molar-refractivity contribution is 5.84. The van der Waals surface area contributed by atoms with Crippen LogP contribution in [0.5, 0.6) is 5.75 Å². The summed E-state index contributed by atoms with van der Waals surface area (Å²) in [5.74, 6) is 0.513. The molecule has 0 radical (unpaired) electrons. The van der Waals surface area contributed by atoms with E-state index >= 15 is 0 Å². The number of nitrogens with two attached hydrogens (primary N) is 1. The Kier molecular flexibility index (Phi) is 3.16. The Hall–Kier alpha value is -3.42. The maximum atomic E-state index is 13.8. The maximum Gasteiger partial charge on any atom is 0.167 e. The van der Waals surface area contributed by atoms with Crippen molar-refractivity contribution in [2.24, 2.45) is 0 Å². The first-order valence-electron chi connectivity index (χ1n) is 7.14. The standard InChI is InChI=1S/C16H13FN6O/c1-24-14-4-13-12(3-11(14)17)22-16(23-13)10-2-8(5-19-15(10)18)9-6-20-21-7-9/h2-7H,1H3,(H2,18,19)(H,20,21)(H,22,23). The number of rotatable bonds is 3. The van der Waals surface area contributed by atoms with Gasteiger partial charge in [-0.05, 0) is 6.07 Å². The quantitative estimate of drug-likeness (QED) is 0.537. The van der Waals surface area contributed by atoms with Crippen molar-refractivity contribution in [3.8, 4) is 28.3 Å². The number of nitrogen functional groups attached to an aromatic ring is 1. The Labute approximate surface area is 135 Å². The van der Waals surface area contributed by atoms with Crippen LogP contribution in [0.4, 0.5) is 10.2 Å². The fraction of sp³-hybridized carbons (Fsp3) is 0.0625. The zero-order valence-electron chi connectivity index (χ0n) is 12.7. The van der Waals surface area contributed by atoms with Crippen molar-refractivity contribution in [2.75, 3.05) is 12.8 Å². The van der Waals surface area contributed by atoms with Crippen LogP contribution in [0.2, 0.25) is 0 Å². The van der Waals surface area contributed by atoms with E-state index in [1.807, 2.05) is 6.07 Å². The summed E-state index contributed by atoms with van der Waals surface area (Å²) < 4.78 is 18.8. The lowest BCUT2D eigenvalue weighted by Crippen LogP contribution is -1.95. The molecule has 8 heteroatoms. The molecule has 1 aromatic carbocycles. The predicted octanol–water partition coefficient (Wildman–Crippen LogP) is 2.74. The van der Waals surface area contributed by atoms with Crippen molar-refractivity contribution in [3.63, 3.8) is 0 Å². The van der Waals surface area contributed by atoms with Crippen molar-refractivity contribution in [2.45, 2.75) is 0 Å². The van der Waals surface area contributed by atoms with Crippen LogP contribution in [0, 0.1) is 5.82 Å². The molecule has 0 fully saturated rings. The third-order valence-corrected chi connectivity index (χ3v) is 3.76. The largest absolute Gasteiger partial charge is 0.494 e. The lowest BCUT2D eigenvalue weighted by Gasteiger charge is -2.04. The van der Waals surface area contributed by atoms with E-state index in [1.165, 1.54) is 19.2 Å². The van der Waals surface area contributed by atoms with Crippen LogP contribution >= 0.6 is 0 Å². The average Bonchev–Trinajstić information content (AvgIpc) is 3.23. The van der Waals surface area contributed by atoms with E-state index < -0.39 is 5.82 Å². The molecule has 24 heavy (non-hydrogen) atoms. The first-order chi connectivity index (χ1) is 11.7. The van der Waals surface area contributed by atoms with Gasteiger partial charge in [0.25, 0.3) is 0 Å². The number of aromatic amines is 2. The second kappa shape index (κ2) is 5.34. The summed E-state index contributed by atoms with van der Waals surface area (Å²) in [4.78, 5) is 11.7. The molecule has 0 aliphatic carbocycles. The van der Waals surface area contributed by atoms with Gasteiger partial charge in [-0.3, -0.25) is 5.10 Å². The number of aromatic nitrogens is 5. The number of methoxy groups -OCH3 is 1. The van der Waals surface area contributed by atoms with Crippen LogP contribution in [0.15, 0.2) is 36.8 Å². The first-order valence-corrected chi connectivity index (χ1v) is 7.14. The molecule has 0 amide bonds. The smallest absolute Gasteiger partial charge is 0.167 e. The number of pyridine rings is 1. The summed E-state index contributed by atoms with van der Waals surface area (Å²) in [5.41, 5.74) is 9.48. The zero-order valence-corrected chi connectivity index (χ0v) is 12.7. The molecule has 0 unspecified atom stereocenters. The fourth-order valence-electron chi connectivity index (χ4n) is 2.53. The SMILES string of the molecule is COc1cc2nc(-c3cc(-c4cn[nH]c4)cnc3N)[nH]c2cc1F. The van der Waals surface area contributed by atoms with Gasteiger partial charge < -0.3 is 15.5 Å². The van der Waals surface area contributed by atoms with Gasteiger partial charge in [-0.15, -0.1) is 0 Å². The first kappa shape index (κ1) is 14.2. The van der Waals surface area contributed by atoms with Gasteiger partial charge in [-0.2, -0.15) is 5.10 Å². The van der Waals surface area contributed by atoms with Gasteiger partial charge in [0.2, 0.25) is 0 Å². The van der Waals surface area contributed by atoms with Crippen molar-refractivity contribution in [3.05, 3.63) is 42.6 Å². The average molecular weight is 324 g/mol. The van der Waals surface area contributed by atoms with E-state index in [-0.39, 0.29) is 5.75 Å². The molecule has 0 spiro atoms. The second-order valence-corrected chi connectivity index (χ2v) is 5.23.